The Morgan fingerprint density at radius 2 is 2.04 bits per heavy atom. The van der Waals surface area contributed by atoms with E-state index in [0.29, 0.717) is 27.9 Å². The highest BCUT2D eigenvalue weighted by molar-refractivity contribution is 6.06. The van der Waals surface area contributed by atoms with Crippen LogP contribution >= 0.6 is 0 Å². The first-order chi connectivity index (χ1) is 11.6. The second-order valence-corrected chi connectivity index (χ2v) is 4.85. The summed E-state index contributed by atoms with van der Waals surface area (Å²) in [4.78, 5) is 26.4. The highest BCUT2D eigenvalue weighted by Gasteiger charge is 2.12. The Labute approximate surface area is 135 Å². The molecule has 0 unspecified atom stereocenters. The number of nitro groups is 1. The van der Waals surface area contributed by atoms with Crippen LogP contribution in [0.5, 0.6) is 0 Å². The Hall–Kier alpha value is -3.52. The van der Waals surface area contributed by atoms with Crippen LogP contribution in [-0.2, 0) is 0 Å². The van der Waals surface area contributed by atoms with Crippen molar-refractivity contribution in [2.45, 2.75) is 0 Å². The highest BCUT2D eigenvalue weighted by Crippen LogP contribution is 2.21. The van der Waals surface area contributed by atoms with E-state index in [1.165, 1.54) is 18.2 Å². The number of amides is 1. The first-order valence-electron chi connectivity index (χ1n) is 6.91. The van der Waals surface area contributed by atoms with Crippen LogP contribution < -0.4 is 11.3 Å². The molecule has 0 aliphatic rings. The second kappa shape index (κ2) is 6.31. The minimum absolute atomic E-state index is 0.307. The van der Waals surface area contributed by atoms with Crippen molar-refractivity contribution in [2.24, 2.45) is 5.84 Å². The van der Waals surface area contributed by atoms with Gasteiger partial charge in [0.05, 0.1) is 22.8 Å². The number of para-hydroxylation sites is 1. The standard InChI is InChI=1S/C16H12N4O4/c17-19-16(21)13-9-10(18-14-4-2-1-3-12(13)14)5-6-11-7-8-15(24-11)20(22)23/h1-9H,17H2,(H,19,21). The topological polar surface area (TPSA) is 124 Å². The second-order valence-electron chi connectivity index (χ2n) is 4.85. The van der Waals surface area contributed by atoms with Crippen LogP contribution in [0.3, 0.4) is 0 Å². The van der Waals surface area contributed by atoms with Crippen LogP contribution in [0.2, 0.25) is 0 Å². The van der Waals surface area contributed by atoms with Gasteiger partial charge in [0.2, 0.25) is 0 Å². The molecule has 8 heteroatoms. The van der Waals surface area contributed by atoms with E-state index in [1.807, 2.05) is 6.07 Å². The predicted molar refractivity (Wildman–Crippen MR) is 87.7 cm³/mol. The summed E-state index contributed by atoms with van der Waals surface area (Å²) >= 11 is 0. The Morgan fingerprint density at radius 1 is 1.25 bits per heavy atom. The van der Waals surface area contributed by atoms with Crippen LogP contribution in [-0.4, -0.2) is 15.8 Å². The number of carbonyl (C=O) groups excluding carboxylic acids is 1. The largest absolute Gasteiger partial charge is 0.433 e. The Kier molecular flexibility index (Phi) is 4.04. The lowest BCUT2D eigenvalue weighted by Gasteiger charge is -2.06. The molecule has 3 rings (SSSR count). The van der Waals surface area contributed by atoms with Crippen molar-refractivity contribution in [1.29, 1.82) is 0 Å². The number of furan rings is 1. The molecule has 3 aromatic rings. The van der Waals surface area contributed by atoms with Crippen LogP contribution in [0.1, 0.15) is 21.8 Å². The van der Waals surface area contributed by atoms with Crippen molar-refractivity contribution in [3.05, 3.63) is 69.6 Å². The number of hydrazine groups is 1. The van der Waals surface area contributed by atoms with E-state index in [-0.39, 0.29) is 5.88 Å². The Balaban J connectivity index is 2.01. The van der Waals surface area contributed by atoms with E-state index in [1.54, 1.807) is 30.3 Å². The van der Waals surface area contributed by atoms with E-state index < -0.39 is 10.8 Å². The molecule has 2 aromatic heterocycles. The first-order valence-corrected chi connectivity index (χ1v) is 6.91. The van der Waals surface area contributed by atoms with Crippen LogP contribution in [0.25, 0.3) is 23.1 Å². The van der Waals surface area contributed by atoms with Gasteiger partial charge in [-0.05, 0) is 30.4 Å². The molecule has 0 spiro atoms. The van der Waals surface area contributed by atoms with Gasteiger partial charge >= 0.3 is 5.88 Å². The summed E-state index contributed by atoms with van der Waals surface area (Å²) in [6.07, 6.45) is 3.14. The van der Waals surface area contributed by atoms with Gasteiger partial charge in [-0.15, -0.1) is 0 Å². The van der Waals surface area contributed by atoms with Crippen molar-refractivity contribution >= 4 is 34.8 Å². The molecule has 8 nitrogen and oxygen atoms in total. The number of hydrogen-bond donors (Lipinski definition) is 2. The molecule has 3 N–H and O–H groups in total. The third kappa shape index (κ3) is 2.99. The van der Waals surface area contributed by atoms with Gasteiger partial charge in [0, 0.05) is 5.39 Å². The van der Waals surface area contributed by atoms with Crippen molar-refractivity contribution in [3.63, 3.8) is 0 Å². The molecule has 0 atom stereocenters. The van der Waals surface area contributed by atoms with E-state index in [4.69, 9.17) is 10.3 Å². The average Bonchev–Trinajstić information content (AvgIpc) is 3.08. The Bertz CT molecular complexity index is 962. The molecule has 1 amide bonds. The third-order valence-electron chi connectivity index (χ3n) is 3.32. The quantitative estimate of drug-likeness (QED) is 0.329. The summed E-state index contributed by atoms with van der Waals surface area (Å²) in [7, 11) is 0. The maximum Gasteiger partial charge on any atom is 0.433 e. The van der Waals surface area contributed by atoms with Gasteiger partial charge < -0.3 is 4.42 Å². The fourth-order valence-corrected chi connectivity index (χ4v) is 2.24. The maximum atomic E-state index is 12.0. The molecule has 24 heavy (non-hydrogen) atoms. The van der Waals surface area contributed by atoms with Crippen molar-refractivity contribution in [1.82, 2.24) is 10.4 Å². The van der Waals surface area contributed by atoms with Gasteiger partial charge in [-0.25, -0.2) is 10.8 Å². The summed E-state index contributed by atoms with van der Waals surface area (Å²) in [6, 6.07) is 11.5. The van der Waals surface area contributed by atoms with Crippen LogP contribution in [0, 0.1) is 10.1 Å². The smallest absolute Gasteiger partial charge is 0.401 e. The summed E-state index contributed by atoms with van der Waals surface area (Å²) < 4.78 is 5.04. The van der Waals surface area contributed by atoms with E-state index in [2.05, 4.69) is 10.4 Å². The molecule has 2 heterocycles. The number of hydrogen-bond acceptors (Lipinski definition) is 6. The highest BCUT2D eigenvalue weighted by atomic mass is 16.6. The van der Waals surface area contributed by atoms with E-state index in [0.717, 1.165) is 0 Å². The molecule has 0 bridgehead atoms. The predicted octanol–water partition coefficient (Wildman–Crippen LogP) is 2.51. The van der Waals surface area contributed by atoms with E-state index >= 15 is 0 Å². The van der Waals surface area contributed by atoms with E-state index in [9.17, 15) is 14.9 Å². The third-order valence-corrected chi connectivity index (χ3v) is 3.32. The minimum Gasteiger partial charge on any atom is -0.401 e. The van der Waals surface area contributed by atoms with Crippen molar-refractivity contribution < 1.29 is 14.1 Å². The number of pyridine rings is 1. The number of nitrogens with one attached hydrogen (secondary N) is 1. The van der Waals surface area contributed by atoms with Crippen LogP contribution in [0.15, 0.2) is 46.9 Å². The minimum atomic E-state index is -0.616. The van der Waals surface area contributed by atoms with Gasteiger partial charge in [-0.2, -0.15) is 0 Å². The molecule has 120 valence electrons. The number of nitrogens with zero attached hydrogens (tertiary/aromatic N) is 2. The molecule has 0 aliphatic heterocycles. The lowest BCUT2D eigenvalue weighted by atomic mass is 10.1. The fraction of sp³-hybridized carbons (Fsp3) is 0. The first kappa shape index (κ1) is 15.4. The number of rotatable bonds is 4. The number of nitrogens with two attached hydrogens (primary N) is 1. The number of benzene rings is 1. The summed E-state index contributed by atoms with van der Waals surface area (Å²) in [5, 5.41) is 11.3. The number of nitrogen functional groups attached to an aromatic ring is 1. The maximum absolute atomic E-state index is 12.0. The number of fused-ring (bicyclic) bond motifs is 1. The van der Waals surface area contributed by atoms with Gasteiger partial charge in [-0.3, -0.25) is 20.3 Å². The average molecular weight is 324 g/mol. The zero-order valence-corrected chi connectivity index (χ0v) is 12.3. The molecular weight excluding hydrogens is 312 g/mol. The molecule has 0 fully saturated rings. The molecular formula is C16H12N4O4. The van der Waals surface area contributed by atoms with Gasteiger partial charge in [0.15, 0.2) is 0 Å². The fourth-order valence-electron chi connectivity index (χ4n) is 2.24. The van der Waals surface area contributed by atoms with Crippen molar-refractivity contribution in [2.75, 3.05) is 0 Å². The molecule has 0 saturated heterocycles. The molecule has 0 saturated carbocycles. The lowest BCUT2D eigenvalue weighted by molar-refractivity contribution is -0.402. The molecule has 0 radical (unpaired) electrons. The lowest BCUT2D eigenvalue weighted by Crippen LogP contribution is -2.30. The summed E-state index contributed by atoms with van der Waals surface area (Å²) in [6.45, 7) is 0. The SMILES string of the molecule is NNC(=O)c1cc(C=Cc2ccc([N+](=O)[O-])o2)nc2ccccc12. The normalized spacial score (nSPS) is 11.0. The number of carbonyl (C=O) groups is 1. The molecule has 1 aromatic carbocycles. The zero-order valence-electron chi connectivity index (χ0n) is 12.3. The monoisotopic (exact) mass is 324 g/mol. The zero-order chi connectivity index (χ0) is 17.1. The summed E-state index contributed by atoms with van der Waals surface area (Å²) in [5.74, 6) is 4.75. The number of aromatic nitrogens is 1. The van der Waals surface area contributed by atoms with Crippen LogP contribution in [0.4, 0.5) is 5.88 Å². The Morgan fingerprint density at radius 3 is 2.75 bits per heavy atom. The van der Waals surface area contributed by atoms with Gasteiger partial charge in [0.25, 0.3) is 5.91 Å². The van der Waals surface area contributed by atoms with Gasteiger partial charge in [-0.1, -0.05) is 18.2 Å². The van der Waals surface area contributed by atoms with Crippen molar-refractivity contribution in [3.8, 4) is 0 Å². The summed E-state index contributed by atoms with van der Waals surface area (Å²) in [5.41, 5.74) is 3.61. The molecule has 0 aliphatic carbocycles. The van der Waals surface area contributed by atoms with Gasteiger partial charge in [0.1, 0.15) is 10.7 Å².